The third-order valence-electron chi connectivity index (χ3n) is 3.71. The summed E-state index contributed by atoms with van der Waals surface area (Å²) >= 11 is 0. The number of alkyl halides is 2. The number of rotatable bonds is 4. The predicted octanol–water partition coefficient (Wildman–Crippen LogP) is 2.55. The fourth-order valence-corrected chi connectivity index (χ4v) is 2.17. The van der Waals surface area contributed by atoms with Gasteiger partial charge in [0.25, 0.3) is 0 Å². The molecule has 0 radical (unpaired) electrons. The van der Waals surface area contributed by atoms with Crippen LogP contribution in [0, 0.1) is 11.8 Å². The lowest BCUT2D eigenvalue weighted by molar-refractivity contribution is -0.0163. The summed E-state index contributed by atoms with van der Waals surface area (Å²) in [6.07, 6.45) is 3.68. The van der Waals surface area contributed by atoms with Gasteiger partial charge in [0.2, 0.25) is 6.43 Å². The monoisotopic (exact) mass is 189 g/mol. The van der Waals surface area contributed by atoms with E-state index >= 15 is 0 Å². The molecule has 0 aromatic rings. The quantitative estimate of drug-likeness (QED) is 0.722. The van der Waals surface area contributed by atoms with Crippen molar-refractivity contribution in [3.8, 4) is 0 Å². The van der Waals surface area contributed by atoms with Crippen molar-refractivity contribution in [1.29, 1.82) is 0 Å². The minimum atomic E-state index is -2.10. The van der Waals surface area contributed by atoms with Crippen molar-refractivity contribution in [2.45, 2.75) is 50.5 Å². The van der Waals surface area contributed by atoms with E-state index in [1.807, 2.05) is 0 Å². The van der Waals surface area contributed by atoms with Gasteiger partial charge in [-0.2, -0.15) is 0 Å². The van der Waals surface area contributed by atoms with Crippen LogP contribution in [0.15, 0.2) is 0 Å². The topological polar surface area (TPSA) is 26.0 Å². The van der Waals surface area contributed by atoms with Gasteiger partial charge in [0.05, 0.1) is 0 Å². The maximum absolute atomic E-state index is 12.3. The molecule has 0 bridgehead atoms. The van der Waals surface area contributed by atoms with E-state index in [-0.39, 0.29) is 17.4 Å². The Hall–Kier alpha value is -0.180. The van der Waals surface area contributed by atoms with Crippen molar-refractivity contribution in [2.24, 2.45) is 17.6 Å². The van der Waals surface area contributed by atoms with E-state index in [9.17, 15) is 8.78 Å². The summed E-state index contributed by atoms with van der Waals surface area (Å²) in [6.45, 7) is 0. The predicted molar refractivity (Wildman–Crippen MR) is 47.6 cm³/mol. The molecule has 2 fully saturated rings. The summed E-state index contributed by atoms with van der Waals surface area (Å²) in [5, 5.41) is 0. The lowest BCUT2D eigenvalue weighted by atomic mass is 9.71. The average molecular weight is 189 g/mol. The van der Waals surface area contributed by atoms with Gasteiger partial charge in [0.15, 0.2) is 0 Å². The van der Waals surface area contributed by atoms with Crippen LogP contribution in [0.2, 0.25) is 0 Å². The van der Waals surface area contributed by atoms with Gasteiger partial charge in [-0.1, -0.05) is 0 Å². The Labute approximate surface area is 77.7 Å². The molecule has 0 heterocycles. The first-order valence-corrected chi connectivity index (χ1v) is 5.18. The molecule has 76 valence electrons. The van der Waals surface area contributed by atoms with Gasteiger partial charge in [0, 0.05) is 11.5 Å². The molecule has 0 saturated heterocycles. The maximum Gasteiger partial charge on any atom is 0.241 e. The molecule has 3 heteroatoms. The first-order valence-electron chi connectivity index (χ1n) is 5.18. The first-order chi connectivity index (χ1) is 6.11. The van der Waals surface area contributed by atoms with Crippen LogP contribution in [0.25, 0.3) is 0 Å². The summed E-state index contributed by atoms with van der Waals surface area (Å²) in [7, 11) is 0. The molecular formula is C10H17F2N. The average Bonchev–Trinajstić information content (AvgIpc) is 2.65. The Bertz CT molecular complexity index is 189. The highest BCUT2D eigenvalue weighted by Gasteiger charge is 2.42. The second kappa shape index (κ2) is 3.19. The molecule has 0 amide bonds. The molecular weight excluding hydrogens is 172 g/mol. The van der Waals surface area contributed by atoms with Crippen LogP contribution in [0.1, 0.15) is 38.5 Å². The zero-order chi connectivity index (χ0) is 9.47. The number of nitrogens with two attached hydrogens (primary N) is 1. The molecule has 13 heavy (non-hydrogen) atoms. The summed E-state index contributed by atoms with van der Waals surface area (Å²) in [4.78, 5) is 0. The van der Waals surface area contributed by atoms with Crippen molar-refractivity contribution in [3.63, 3.8) is 0 Å². The second-order valence-electron chi connectivity index (χ2n) is 4.74. The summed E-state index contributed by atoms with van der Waals surface area (Å²) in [5.41, 5.74) is 5.95. The first kappa shape index (κ1) is 9.38. The zero-order valence-electron chi connectivity index (χ0n) is 7.81. The van der Waals surface area contributed by atoms with Gasteiger partial charge < -0.3 is 5.73 Å². The molecule has 0 aromatic carbocycles. The zero-order valence-corrected chi connectivity index (χ0v) is 7.81. The van der Waals surface area contributed by atoms with Crippen LogP contribution in [0.3, 0.4) is 0 Å². The normalized spacial score (nSPS) is 36.0. The number of hydrogen-bond donors (Lipinski definition) is 1. The minimum absolute atomic E-state index is 0.0439. The molecule has 2 aliphatic carbocycles. The van der Waals surface area contributed by atoms with Crippen LogP contribution in [0.5, 0.6) is 0 Å². The molecule has 2 aliphatic rings. The minimum Gasteiger partial charge on any atom is -0.325 e. The van der Waals surface area contributed by atoms with Crippen LogP contribution in [0.4, 0.5) is 8.78 Å². The molecule has 2 N–H and O–H groups in total. The third-order valence-corrected chi connectivity index (χ3v) is 3.71. The summed E-state index contributed by atoms with van der Waals surface area (Å²) in [5.74, 6) is -0.0524. The van der Waals surface area contributed by atoms with E-state index in [1.165, 1.54) is 0 Å². The molecule has 0 aromatic heterocycles. The lowest BCUT2D eigenvalue weighted by Gasteiger charge is -2.36. The van der Waals surface area contributed by atoms with Crippen molar-refractivity contribution in [1.82, 2.24) is 0 Å². The fourth-order valence-electron chi connectivity index (χ4n) is 2.17. The lowest BCUT2D eigenvalue weighted by Crippen LogP contribution is -2.33. The second-order valence-corrected chi connectivity index (χ2v) is 4.74. The Balaban J connectivity index is 1.70. The van der Waals surface area contributed by atoms with Crippen LogP contribution in [-0.4, -0.2) is 12.0 Å². The molecule has 1 nitrogen and oxygen atoms in total. The molecule has 2 unspecified atom stereocenters. The maximum atomic E-state index is 12.3. The molecule has 0 spiro atoms. The van der Waals surface area contributed by atoms with Crippen molar-refractivity contribution in [3.05, 3.63) is 0 Å². The summed E-state index contributed by atoms with van der Waals surface area (Å²) in [6, 6.07) is 0. The SMILES string of the molecule is NC1(CCC2CCC2C(F)F)CC1. The highest BCUT2D eigenvalue weighted by Crippen LogP contribution is 2.45. The number of halogens is 2. The summed E-state index contributed by atoms with van der Waals surface area (Å²) < 4.78 is 24.7. The molecule has 2 atom stereocenters. The number of hydrogen-bond acceptors (Lipinski definition) is 1. The standard InChI is InChI=1S/C10H17F2N/c11-9(12)8-2-1-7(8)3-4-10(13)5-6-10/h7-9H,1-6,13H2. The van der Waals surface area contributed by atoms with Crippen molar-refractivity contribution >= 4 is 0 Å². The largest absolute Gasteiger partial charge is 0.325 e. The van der Waals surface area contributed by atoms with Crippen LogP contribution < -0.4 is 5.73 Å². The van der Waals surface area contributed by atoms with E-state index in [1.54, 1.807) is 0 Å². The van der Waals surface area contributed by atoms with E-state index in [2.05, 4.69) is 0 Å². The highest BCUT2D eigenvalue weighted by molar-refractivity contribution is 4.99. The van der Waals surface area contributed by atoms with Gasteiger partial charge in [-0.05, 0) is 44.4 Å². The Morgan fingerprint density at radius 2 is 2.00 bits per heavy atom. The Morgan fingerprint density at radius 3 is 2.38 bits per heavy atom. The van der Waals surface area contributed by atoms with Crippen molar-refractivity contribution < 1.29 is 8.78 Å². The van der Waals surface area contributed by atoms with E-state index in [4.69, 9.17) is 5.73 Å². The Morgan fingerprint density at radius 1 is 1.31 bits per heavy atom. The van der Waals surface area contributed by atoms with Crippen LogP contribution >= 0.6 is 0 Å². The van der Waals surface area contributed by atoms with Crippen molar-refractivity contribution in [2.75, 3.05) is 0 Å². The van der Waals surface area contributed by atoms with Gasteiger partial charge in [0.1, 0.15) is 0 Å². The Kier molecular flexibility index (Phi) is 2.30. The highest BCUT2D eigenvalue weighted by atomic mass is 19.3. The van der Waals surface area contributed by atoms with Gasteiger partial charge in [-0.25, -0.2) is 8.78 Å². The van der Waals surface area contributed by atoms with E-state index in [0.717, 1.165) is 38.5 Å². The van der Waals surface area contributed by atoms with Gasteiger partial charge in [-0.15, -0.1) is 0 Å². The third kappa shape index (κ3) is 2.01. The van der Waals surface area contributed by atoms with E-state index in [0.29, 0.717) is 0 Å². The smallest absolute Gasteiger partial charge is 0.241 e. The molecule has 2 saturated carbocycles. The fraction of sp³-hybridized carbons (Fsp3) is 1.00. The molecule has 2 rings (SSSR count). The van der Waals surface area contributed by atoms with Gasteiger partial charge in [-0.3, -0.25) is 0 Å². The molecule has 0 aliphatic heterocycles. The van der Waals surface area contributed by atoms with Gasteiger partial charge >= 0.3 is 0 Å². The van der Waals surface area contributed by atoms with E-state index < -0.39 is 6.43 Å². The van der Waals surface area contributed by atoms with Crippen LogP contribution in [-0.2, 0) is 0 Å².